The molecule has 340 valence electrons. The maximum atomic E-state index is 13.1. The van der Waals surface area contributed by atoms with Crippen LogP contribution in [0, 0.1) is 6.92 Å². The summed E-state index contributed by atoms with van der Waals surface area (Å²) in [6, 6.07) is 60.8. The highest BCUT2D eigenvalue weighted by Gasteiger charge is 2.25. The van der Waals surface area contributed by atoms with Crippen LogP contribution in [0.1, 0.15) is 55.5 Å². The molecule has 0 unspecified atom stereocenters. The van der Waals surface area contributed by atoms with Crippen LogP contribution in [0.2, 0.25) is 0 Å². The van der Waals surface area contributed by atoms with Crippen LogP contribution in [0.4, 0.5) is 0 Å². The molecule has 0 fully saturated rings. The fourth-order valence-electron chi connectivity index (χ4n) is 7.90. The summed E-state index contributed by atoms with van der Waals surface area (Å²) in [6.07, 6.45) is 0. The van der Waals surface area contributed by atoms with E-state index in [4.69, 9.17) is 23.4 Å². The number of sulfone groups is 1. The number of methoxy groups -OCH3 is 1. The minimum atomic E-state index is -3.62. The van der Waals surface area contributed by atoms with Crippen LogP contribution in [0.5, 0.6) is 40.2 Å². The summed E-state index contributed by atoms with van der Waals surface area (Å²) in [5.74, 6) is 5.65. The van der Waals surface area contributed by atoms with Gasteiger partial charge in [-0.15, -0.1) is 10.2 Å². The molecule has 0 aliphatic rings. The molecule has 0 aliphatic carbocycles. The molecule has 1 heterocycles. The number of aryl methyl sites for hydroxylation is 1. The summed E-state index contributed by atoms with van der Waals surface area (Å²) >= 11 is 0. The Labute approximate surface area is 397 Å². The topological polar surface area (TPSA) is 110 Å². The molecule has 9 aromatic rings. The highest BCUT2D eigenvalue weighted by molar-refractivity contribution is 7.91. The predicted molar refractivity (Wildman–Crippen MR) is 265 cm³/mol. The summed E-state index contributed by atoms with van der Waals surface area (Å²) in [6.45, 7) is 10.7. The van der Waals surface area contributed by atoms with Crippen LogP contribution in [-0.2, 0) is 20.7 Å². The van der Waals surface area contributed by atoms with E-state index in [1.54, 1.807) is 55.6 Å². The molecular weight excluding hydrogens is 869 g/mol. The van der Waals surface area contributed by atoms with E-state index in [-0.39, 0.29) is 20.6 Å². The molecule has 0 saturated carbocycles. The first-order chi connectivity index (χ1) is 32.7. The average Bonchev–Trinajstić information content (AvgIpc) is 3.86. The predicted octanol–water partition coefficient (Wildman–Crippen LogP) is 14.6. The maximum Gasteiger partial charge on any atom is 0.248 e. The van der Waals surface area contributed by atoms with Crippen molar-refractivity contribution in [2.75, 3.05) is 7.11 Å². The van der Waals surface area contributed by atoms with Gasteiger partial charge in [-0.1, -0.05) is 93.9 Å². The summed E-state index contributed by atoms with van der Waals surface area (Å²) in [7, 11) is -1.95. The second-order valence-electron chi connectivity index (χ2n) is 17.6. The fourth-order valence-corrected chi connectivity index (χ4v) is 9.16. The Morgan fingerprint density at radius 1 is 0.382 bits per heavy atom. The molecule has 68 heavy (non-hydrogen) atoms. The van der Waals surface area contributed by atoms with Gasteiger partial charge in [-0.3, -0.25) is 0 Å². The van der Waals surface area contributed by atoms with E-state index in [0.717, 1.165) is 39.3 Å². The Balaban J connectivity index is 0.772. The Bertz CT molecular complexity index is 3240. The van der Waals surface area contributed by atoms with Gasteiger partial charge in [-0.2, -0.15) is 0 Å². The first-order valence-corrected chi connectivity index (χ1v) is 23.7. The second-order valence-corrected chi connectivity index (χ2v) is 19.6. The molecular formula is C58H50N2O7S. The van der Waals surface area contributed by atoms with Gasteiger partial charge in [0.2, 0.25) is 21.6 Å². The number of nitrogens with zero attached hydrogens (tertiary/aromatic N) is 2. The monoisotopic (exact) mass is 918 g/mol. The standard InChI is InChI=1S/C58H50N2O7S/c1-39-7-35-53(36-8-39)68(61,62)54-37-33-52(34-38-54)66-51-31-19-45(20-32-51)58(4,5)44-17-29-50(30-18-44)65-48-23-11-41(12-24-48)56-60-59-55(67-56)40-9-21-47(22-10-40)64-49-27-15-43(16-28-49)57(2,3)42-13-25-46(63-6)26-14-42/h7-38H,1-6H3. The zero-order valence-electron chi connectivity index (χ0n) is 38.6. The van der Waals surface area contributed by atoms with Gasteiger partial charge >= 0.3 is 0 Å². The van der Waals surface area contributed by atoms with Gasteiger partial charge in [0.25, 0.3) is 0 Å². The molecule has 8 aromatic carbocycles. The van der Waals surface area contributed by atoms with Crippen LogP contribution < -0.4 is 18.9 Å². The largest absolute Gasteiger partial charge is 0.497 e. The van der Waals surface area contributed by atoms with Crippen molar-refractivity contribution in [2.24, 2.45) is 0 Å². The number of hydrogen-bond acceptors (Lipinski definition) is 9. The number of hydrogen-bond donors (Lipinski definition) is 0. The Morgan fingerprint density at radius 2 is 0.647 bits per heavy atom. The van der Waals surface area contributed by atoms with Crippen molar-refractivity contribution in [1.82, 2.24) is 10.2 Å². The van der Waals surface area contributed by atoms with E-state index in [1.165, 1.54) is 11.1 Å². The van der Waals surface area contributed by atoms with Gasteiger partial charge < -0.3 is 23.4 Å². The summed E-state index contributed by atoms with van der Waals surface area (Å²) in [4.78, 5) is 0.475. The molecule has 0 saturated heterocycles. The van der Waals surface area contributed by atoms with Gasteiger partial charge in [0.15, 0.2) is 0 Å². The van der Waals surface area contributed by atoms with Crippen LogP contribution in [0.3, 0.4) is 0 Å². The van der Waals surface area contributed by atoms with Crippen molar-refractivity contribution in [2.45, 2.75) is 55.2 Å². The number of benzene rings is 8. The first kappa shape index (κ1) is 45.2. The van der Waals surface area contributed by atoms with Crippen molar-refractivity contribution in [3.63, 3.8) is 0 Å². The smallest absolute Gasteiger partial charge is 0.248 e. The highest BCUT2D eigenvalue weighted by atomic mass is 32.2. The van der Waals surface area contributed by atoms with E-state index in [1.807, 2.05) is 116 Å². The van der Waals surface area contributed by atoms with Gasteiger partial charge in [-0.05, 0) is 163 Å². The van der Waals surface area contributed by atoms with Gasteiger partial charge in [0, 0.05) is 22.0 Å². The minimum Gasteiger partial charge on any atom is -0.497 e. The molecule has 0 amide bonds. The number of aromatic nitrogens is 2. The third kappa shape index (κ3) is 9.77. The fraction of sp³-hybridized carbons (Fsp3) is 0.138. The van der Waals surface area contributed by atoms with E-state index in [9.17, 15) is 8.42 Å². The van der Waals surface area contributed by atoms with E-state index < -0.39 is 9.84 Å². The summed E-state index contributed by atoms with van der Waals surface area (Å²) in [5.41, 5.74) is 6.64. The van der Waals surface area contributed by atoms with Gasteiger partial charge in [0.05, 0.1) is 16.9 Å². The third-order valence-electron chi connectivity index (χ3n) is 12.3. The van der Waals surface area contributed by atoms with E-state index in [2.05, 4.69) is 74.3 Å². The first-order valence-electron chi connectivity index (χ1n) is 22.2. The number of ether oxygens (including phenoxy) is 4. The van der Waals surface area contributed by atoms with Crippen molar-refractivity contribution in [1.29, 1.82) is 0 Å². The van der Waals surface area contributed by atoms with Crippen molar-refractivity contribution in [3.05, 3.63) is 222 Å². The zero-order valence-corrected chi connectivity index (χ0v) is 39.5. The van der Waals surface area contributed by atoms with Crippen molar-refractivity contribution >= 4 is 9.84 Å². The Kier molecular flexibility index (Phi) is 12.5. The quantitative estimate of drug-likeness (QED) is 0.0992. The van der Waals surface area contributed by atoms with Crippen molar-refractivity contribution < 1.29 is 31.8 Å². The summed E-state index contributed by atoms with van der Waals surface area (Å²) in [5, 5.41) is 8.61. The SMILES string of the molecule is COc1ccc(C(C)(C)c2ccc(Oc3ccc(-c4nnc(-c5ccc(Oc6ccc(C(C)(C)c7ccc(Oc8ccc(S(=O)(=O)c9ccc(C)cc9)cc8)cc7)cc6)cc5)o4)cc3)cc2)cc1. The van der Waals surface area contributed by atoms with E-state index >= 15 is 0 Å². The minimum absolute atomic E-state index is 0.187. The molecule has 0 bridgehead atoms. The molecule has 0 radical (unpaired) electrons. The molecule has 0 aliphatic heterocycles. The van der Waals surface area contributed by atoms with Crippen LogP contribution in [-0.4, -0.2) is 25.7 Å². The highest BCUT2D eigenvalue weighted by Crippen LogP contribution is 2.37. The lowest BCUT2D eigenvalue weighted by Crippen LogP contribution is -2.18. The molecule has 9 rings (SSSR count). The lowest BCUT2D eigenvalue weighted by atomic mass is 9.78. The Hall–Kier alpha value is -7.95. The molecule has 0 N–H and O–H groups in total. The normalized spacial score (nSPS) is 11.8. The molecule has 0 spiro atoms. The van der Waals surface area contributed by atoms with Gasteiger partial charge in [-0.25, -0.2) is 8.42 Å². The lowest BCUT2D eigenvalue weighted by molar-refractivity contribution is 0.414. The van der Waals surface area contributed by atoms with Crippen molar-refractivity contribution in [3.8, 4) is 63.2 Å². The second kappa shape index (κ2) is 18.7. The Morgan fingerprint density at radius 3 is 0.956 bits per heavy atom. The van der Waals surface area contributed by atoms with Crippen LogP contribution in [0.15, 0.2) is 208 Å². The molecule has 1 aromatic heterocycles. The third-order valence-corrected chi connectivity index (χ3v) is 14.1. The number of rotatable bonds is 15. The lowest BCUT2D eigenvalue weighted by Gasteiger charge is -2.26. The maximum absolute atomic E-state index is 13.1. The molecule has 10 heteroatoms. The average molecular weight is 919 g/mol. The summed E-state index contributed by atoms with van der Waals surface area (Å²) < 4.78 is 56.0. The van der Waals surface area contributed by atoms with Crippen LogP contribution in [0.25, 0.3) is 22.9 Å². The molecule has 0 atom stereocenters. The van der Waals surface area contributed by atoms with Gasteiger partial charge in [0.1, 0.15) is 40.2 Å². The zero-order chi connectivity index (χ0) is 47.5. The van der Waals surface area contributed by atoms with E-state index in [0.29, 0.717) is 40.5 Å². The molecule has 9 nitrogen and oxygen atoms in total. The van der Waals surface area contributed by atoms with Crippen LogP contribution >= 0.6 is 0 Å².